The minimum atomic E-state index is 0.890. The summed E-state index contributed by atoms with van der Waals surface area (Å²) in [6.07, 6.45) is 1.80. The van der Waals surface area contributed by atoms with Gasteiger partial charge in [0.05, 0.1) is 12.2 Å². The van der Waals surface area contributed by atoms with Crippen molar-refractivity contribution in [1.29, 1.82) is 0 Å². The number of pyridine rings is 1. The van der Waals surface area contributed by atoms with Crippen LogP contribution in [0.2, 0.25) is 0 Å². The zero-order valence-electron chi connectivity index (χ0n) is 6.17. The van der Waals surface area contributed by atoms with E-state index in [-0.39, 0.29) is 0 Å². The summed E-state index contributed by atoms with van der Waals surface area (Å²) in [5, 5.41) is 0. The van der Waals surface area contributed by atoms with Gasteiger partial charge >= 0.3 is 0 Å². The molecule has 0 aliphatic heterocycles. The standard InChI is InChI=1S/C8H12N2/c1-10(2)7-8-5-3-4-6-9-8/h3-6,10H,1,7H2,2H3. The Balaban J connectivity index is 2.59. The maximum Gasteiger partial charge on any atom is 0.0958 e. The van der Waals surface area contributed by atoms with Gasteiger partial charge in [-0.05, 0) is 12.1 Å². The SMILES string of the molecule is [CH2-][NH+](C)Cc1ccccn1. The summed E-state index contributed by atoms with van der Waals surface area (Å²) in [6, 6.07) is 5.92. The van der Waals surface area contributed by atoms with Crippen LogP contribution in [0.1, 0.15) is 5.69 Å². The van der Waals surface area contributed by atoms with Crippen LogP contribution in [0.4, 0.5) is 0 Å². The van der Waals surface area contributed by atoms with E-state index in [4.69, 9.17) is 0 Å². The Kier molecular flexibility index (Phi) is 2.40. The molecule has 1 heterocycles. The van der Waals surface area contributed by atoms with Crippen LogP contribution in [0.3, 0.4) is 0 Å². The Morgan fingerprint density at radius 1 is 1.60 bits per heavy atom. The van der Waals surface area contributed by atoms with Crippen LogP contribution in [-0.4, -0.2) is 12.0 Å². The van der Waals surface area contributed by atoms with Crippen molar-refractivity contribution in [1.82, 2.24) is 4.98 Å². The summed E-state index contributed by atoms with van der Waals surface area (Å²) in [6.45, 7) is 0.890. The van der Waals surface area contributed by atoms with Crippen LogP contribution in [0.15, 0.2) is 24.4 Å². The fourth-order valence-electron chi connectivity index (χ4n) is 0.812. The maximum atomic E-state index is 4.16. The van der Waals surface area contributed by atoms with Gasteiger partial charge < -0.3 is 4.90 Å². The third-order valence-electron chi connectivity index (χ3n) is 1.21. The molecule has 54 valence electrons. The Hall–Kier alpha value is -0.890. The minimum absolute atomic E-state index is 0.890. The summed E-state index contributed by atoms with van der Waals surface area (Å²) < 4.78 is 0. The average molecular weight is 136 g/mol. The predicted octanol–water partition coefficient (Wildman–Crippen LogP) is -0.112. The molecule has 0 spiro atoms. The quantitative estimate of drug-likeness (QED) is 0.561. The van der Waals surface area contributed by atoms with Crippen LogP contribution in [0, 0.1) is 7.05 Å². The number of quaternary nitrogens is 1. The summed E-state index contributed by atoms with van der Waals surface area (Å²) in [4.78, 5) is 5.31. The van der Waals surface area contributed by atoms with Crippen molar-refractivity contribution in [2.24, 2.45) is 0 Å². The number of rotatable bonds is 2. The van der Waals surface area contributed by atoms with E-state index in [2.05, 4.69) is 12.0 Å². The monoisotopic (exact) mass is 136 g/mol. The van der Waals surface area contributed by atoms with E-state index in [1.54, 1.807) is 6.20 Å². The molecule has 1 N–H and O–H groups in total. The number of hydrogen-bond acceptors (Lipinski definition) is 1. The van der Waals surface area contributed by atoms with Gasteiger partial charge in [0.2, 0.25) is 0 Å². The molecular formula is C8H12N2. The number of aromatic nitrogens is 1. The zero-order chi connectivity index (χ0) is 7.40. The molecule has 0 aliphatic carbocycles. The van der Waals surface area contributed by atoms with E-state index in [9.17, 15) is 0 Å². The Labute approximate surface area is 61.5 Å². The lowest BCUT2D eigenvalue weighted by molar-refractivity contribution is -0.846. The first-order chi connectivity index (χ1) is 4.79. The molecule has 0 saturated carbocycles. The van der Waals surface area contributed by atoms with Crippen molar-refractivity contribution in [2.45, 2.75) is 6.54 Å². The molecular weight excluding hydrogens is 124 g/mol. The van der Waals surface area contributed by atoms with E-state index in [0.29, 0.717) is 0 Å². The minimum Gasteiger partial charge on any atom is -0.465 e. The molecule has 0 saturated heterocycles. The molecule has 1 rings (SSSR count). The molecule has 1 atom stereocenters. The van der Waals surface area contributed by atoms with E-state index < -0.39 is 0 Å². The van der Waals surface area contributed by atoms with Gasteiger partial charge in [0.1, 0.15) is 0 Å². The first-order valence-corrected chi connectivity index (χ1v) is 3.33. The molecule has 2 nitrogen and oxygen atoms in total. The van der Waals surface area contributed by atoms with Crippen LogP contribution < -0.4 is 4.90 Å². The lowest BCUT2D eigenvalue weighted by Crippen LogP contribution is -3.01. The second kappa shape index (κ2) is 3.32. The molecule has 0 fully saturated rings. The van der Waals surface area contributed by atoms with Crippen LogP contribution in [0.5, 0.6) is 0 Å². The highest BCUT2D eigenvalue weighted by molar-refractivity contribution is 5.01. The highest BCUT2D eigenvalue weighted by Gasteiger charge is 1.91. The smallest absolute Gasteiger partial charge is 0.0958 e. The van der Waals surface area contributed by atoms with E-state index >= 15 is 0 Å². The Bertz CT molecular complexity index is 182. The zero-order valence-corrected chi connectivity index (χ0v) is 6.17. The van der Waals surface area contributed by atoms with Crippen molar-refractivity contribution in [2.75, 3.05) is 7.05 Å². The van der Waals surface area contributed by atoms with Crippen LogP contribution in [-0.2, 0) is 6.54 Å². The molecule has 0 amide bonds. The van der Waals surface area contributed by atoms with E-state index in [0.717, 1.165) is 17.1 Å². The van der Waals surface area contributed by atoms with Crippen molar-refractivity contribution in [3.63, 3.8) is 0 Å². The second-order valence-corrected chi connectivity index (χ2v) is 2.45. The number of nitrogens with one attached hydrogen (secondary N) is 1. The fourth-order valence-corrected chi connectivity index (χ4v) is 0.812. The topological polar surface area (TPSA) is 17.3 Å². The molecule has 0 radical (unpaired) electrons. The van der Waals surface area contributed by atoms with Crippen molar-refractivity contribution in [3.8, 4) is 0 Å². The molecule has 1 aromatic heterocycles. The lowest BCUT2D eigenvalue weighted by Gasteiger charge is -2.12. The predicted molar refractivity (Wildman–Crippen MR) is 40.2 cm³/mol. The second-order valence-electron chi connectivity index (χ2n) is 2.45. The van der Waals surface area contributed by atoms with Gasteiger partial charge in [0.25, 0.3) is 0 Å². The van der Waals surface area contributed by atoms with Crippen molar-refractivity contribution in [3.05, 3.63) is 37.1 Å². The normalized spacial score (nSPS) is 13.0. The number of hydrogen-bond donors (Lipinski definition) is 1. The first kappa shape index (κ1) is 7.22. The summed E-state index contributed by atoms with van der Waals surface area (Å²) >= 11 is 0. The average Bonchev–Trinajstić information content (AvgIpc) is 1.88. The van der Waals surface area contributed by atoms with Gasteiger partial charge in [-0.25, -0.2) is 0 Å². The first-order valence-electron chi connectivity index (χ1n) is 3.33. The van der Waals surface area contributed by atoms with Gasteiger partial charge in [-0.1, -0.05) is 6.07 Å². The highest BCUT2D eigenvalue weighted by Crippen LogP contribution is 1.88. The maximum absolute atomic E-state index is 4.16. The van der Waals surface area contributed by atoms with Gasteiger partial charge in [-0.3, -0.25) is 4.98 Å². The molecule has 1 unspecified atom stereocenters. The van der Waals surface area contributed by atoms with Gasteiger partial charge in [0, 0.05) is 13.2 Å². The molecule has 0 aromatic carbocycles. The van der Waals surface area contributed by atoms with Crippen LogP contribution >= 0.6 is 0 Å². The van der Waals surface area contributed by atoms with Crippen molar-refractivity contribution >= 4 is 0 Å². The third kappa shape index (κ3) is 2.15. The van der Waals surface area contributed by atoms with Gasteiger partial charge in [-0.15, -0.1) is 0 Å². The van der Waals surface area contributed by atoms with Gasteiger partial charge in [0.15, 0.2) is 0 Å². The fraction of sp³-hybridized carbons (Fsp3) is 0.250. The Morgan fingerprint density at radius 2 is 2.40 bits per heavy atom. The highest BCUT2D eigenvalue weighted by atomic mass is 15.1. The van der Waals surface area contributed by atoms with E-state index in [1.807, 2.05) is 25.2 Å². The summed E-state index contributed by atoms with van der Waals surface area (Å²) in [7, 11) is 5.82. The molecule has 10 heavy (non-hydrogen) atoms. The van der Waals surface area contributed by atoms with E-state index in [1.165, 1.54) is 0 Å². The lowest BCUT2D eigenvalue weighted by atomic mass is 10.3. The molecule has 1 aromatic rings. The van der Waals surface area contributed by atoms with Crippen LogP contribution in [0.25, 0.3) is 0 Å². The Morgan fingerprint density at radius 3 is 2.90 bits per heavy atom. The summed E-state index contributed by atoms with van der Waals surface area (Å²) in [5.41, 5.74) is 1.09. The molecule has 0 bridgehead atoms. The third-order valence-corrected chi connectivity index (χ3v) is 1.21. The number of nitrogens with zero attached hydrogens (tertiary/aromatic N) is 1. The van der Waals surface area contributed by atoms with Gasteiger partial charge in [-0.2, -0.15) is 7.05 Å². The molecule has 0 aliphatic rings. The summed E-state index contributed by atoms with van der Waals surface area (Å²) in [5.74, 6) is 0. The molecule has 2 heteroatoms. The largest absolute Gasteiger partial charge is 0.465 e. The van der Waals surface area contributed by atoms with Crippen molar-refractivity contribution < 1.29 is 4.90 Å².